The Morgan fingerprint density at radius 1 is 1.47 bits per heavy atom. The summed E-state index contributed by atoms with van der Waals surface area (Å²) in [6.45, 7) is 4.38. The first-order valence-corrected chi connectivity index (χ1v) is 6.05. The Labute approximate surface area is 102 Å². The van der Waals surface area contributed by atoms with Gasteiger partial charge in [0.05, 0.1) is 11.7 Å². The molecule has 1 heterocycles. The van der Waals surface area contributed by atoms with Gasteiger partial charge in [-0.25, -0.2) is 0 Å². The van der Waals surface area contributed by atoms with Crippen LogP contribution in [0.5, 0.6) is 0 Å². The van der Waals surface area contributed by atoms with Gasteiger partial charge >= 0.3 is 0 Å². The molecule has 0 aliphatic carbocycles. The molecule has 0 radical (unpaired) electrons. The maximum Gasteiger partial charge on any atom is 0.252 e. The Morgan fingerprint density at radius 2 is 2.18 bits per heavy atom. The Morgan fingerprint density at radius 3 is 2.71 bits per heavy atom. The number of aliphatic hydroxyl groups excluding tert-OH is 1. The van der Waals surface area contributed by atoms with Gasteiger partial charge in [-0.2, -0.15) is 0 Å². The standard InChI is InChI=1S/C13H20N2O2/c1-3-10(4-2)12(16)9-15-13(17)11-6-5-7-14-8-11/h5-8,10,12,16H,3-4,9H2,1-2H3,(H,15,17). The smallest absolute Gasteiger partial charge is 0.252 e. The quantitative estimate of drug-likeness (QED) is 0.788. The Kier molecular flexibility index (Phi) is 5.63. The van der Waals surface area contributed by atoms with E-state index in [1.807, 2.05) is 13.8 Å². The second-order valence-corrected chi connectivity index (χ2v) is 4.10. The van der Waals surface area contributed by atoms with Gasteiger partial charge in [-0.15, -0.1) is 0 Å². The van der Waals surface area contributed by atoms with Crippen molar-refractivity contribution >= 4 is 5.91 Å². The Balaban J connectivity index is 2.43. The first-order chi connectivity index (χ1) is 8.19. The lowest BCUT2D eigenvalue weighted by Gasteiger charge is -2.20. The molecule has 0 saturated heterocycles. The lowest BCUT2D eigenvalue weighted by molar-refractivity contribution is 0.0816. The number of carbonyl (C=O) groups excluding carboxylic acids is 1. The molecule has 1 aromatic heterocycles. The van der Waals surface area contributed by atoms with Gasteiger partial charge in [0.1, 0.15) is 0 Å². The van der Waals surface area contributed by atoms with Crippen LogP contribution >= 0.6 is 0 Å². The van der Waals surface area contributed by atoms with E-state index in [0.717, 1.165) is 12.8 Å². The monoisotopic (exact) mass is 236 g/mol. The highest BCUT2D eigenvalue weighted by Crippen LogP contribution is 2.12. The van der Waals surface area contributed by atoms with E-state index in [1.54, 1.807) is 18.3 Å². The summed E-state index contributed by atoms with van der Waals surface area (Å²) < 4.78 is 0. The van der Waals surface area contributed by atoms with Crippen molar-refractivity contribution in [2.75, 3.05) is 6.54 Å². The van der Waals surface area contributed by atoms with Crippen LogP contribution in [0.3, 0.4) is 0 Å². The number of aliphatic hydroxyl groups is 1. The van der Waals surface area contributed by atoms with Crippen molar-refractivity contribution in [3.05, 3.63) is 30.1 Å². The van der Waals surface area contributed by atoms with Crippen LogP contribution in [0.15, 0.2) is 24.5 Å². The average Bonchev–Trinajstić information content (AvgIpc) is 2.38. The molecule has 0 fully saturated rings. The summed E-state index contributed by atoms with van der Waals surface area (Å²) in [4.78, 5) is 15.6. The largest absolute Gasteiger partial charge is 0.391 e. The number of nitrogens with zero attached hydrogens (tertiary/aromatic N) is 1. The van der Waals surface area contributed by atoms with E-state index < -0.39 is 6.10 Å². The summed E-state index contributed by atoms with van der Waals surface area (Å²) in [5.41, 5.74) is 0.518. The molecule has 0 bridgehead atoms. The molecule has 0 aliphatic heterocycles. The fraction of sp³-hybridized carbons (Fsp3) is 0.538. The van der Waals surface area contributed by atoms with E-state index in [4.69, 9.17) is 0 Å². The number of aromatic nitrogens is 1. The predicted octanol–water partition coefficient (Wildman–Crippen LogP) is 1.61. The number of carbonyl (C=O) groups is 1. The molecule has 1 rings (SSSR count). The highest BCUT2D eigenvalue weighted by atomic mass is 16.3. The maximum absolute atomic E-state index is 11.7. The van der Waals surface area contributed by atoms with Gasteiger partial charge in [-0.3, -0.25) is 9.78 Å². The third kappa shape index (κ3) is 4.15. The number of hydrogen-bond acceptors (Lipinski definition) is 3. The summed E-state index contributed by atoms with van der Waals surface area (Å²) in [5, 5.41) is 12.6. The number of nitrogens with one attached hydrogen (secondary N) is 1. The molecule has 17 heavy (non-hydrogen) atoms. The molecule has 0 aliphatic rings. The van der Waals surface area contributed by atoms with Gasteiger partial charge in [-0.1, -0.05) is 26.7 Å². The zero-order valence-electron chi connectivity index (χ0n) is 10.4. The Hall–Kier alpha value is -1.42. The van der Waals surface area contributed by atoms with Crippen molar-refractivity contribution in [1.29, 1.82) is 0 Å². The highest BCUT2D eigenvalue weighted by molar-refractivity contribution is 5.93. The van der Waals surface area contributed by atoms with Gasteiger partial charge in [0.2, 0.25) is 0 Å². The van der Waals surface area contributed by atoms with E-state index in [-0.39, 0.29) is 11.8 Å². The first-order valence-electron chi connectivity index (χ1n) is 6.05. The van der Waals surface area contributed by atoms with Crippen molar-refractivity contribution in [2.45, 2.75) is 32.8 Å². The van der Waals surface area contributed by atoms with Crippen molar-refractivity contribution < 1.29 is 9.90 Å². The normalized spacial score (nSPS) is 12.5. The van der Waals surface area contributed by atoms with Crippen molar-refractivity contribution in [1.82, 2.24) is 10.3 Å². The third-order valence-corrected chi connectivity index (χ3v) is 2.99. The molecule has 1 unspecified atom stereocenters. The minimum absolute atomic E-state index is 0.192. The lowest BCUT2D eigenvalue weighted by Crippen LogP contribution is -2.36. The molecule has 94 valence electrons. The molecule has 1 atom stereocenters. The summed E-state index contributed by atoms with van der Waals surface area (Å²) in [6, 6.07) is 3.41. The first kappa shape index (κ1) is 13.6. The van der Waals surface area contributed by atoms with E-state index in [1.165, 1.54) is 6.20 Å². The number of hydrogen-bond donors (Lipinski definition) is 2. The van der Waals surface area contributed by atoms with E-state index in [9.17, 15) is 9.90 Å². The molecule has 1 amide bonds. The fourth-order valence-electron chi connectivity index (χ4n) is 1.80. The molecule has 0 aromatic carbocycles. The van der Waals surface area contributed by atoms with Crippen LogP contribution in [0, 0.1) is 5.92 Å². The van der Waals surface area contributed by atoms with Crippen LogP contribution in [0.2, 0.25) is 0 Å². The zero-order valence-corrected chi connectivity index (χ0v) is 10.4. The fourth-order valence-corrected chi connectivity index (χ4v) is 1.80. The van der Waals surface area contributed by atoms with Crippen molar-refractivity contribution in [3.63, 3.8) is 0 Å². The van der Waals surface area contributed by atoms with E-state index in [0.29, 0.717) is 12.1 Å². The molecule has 0 saturated carbocycles. The van der Waals surface area contributed by atoms with Gasteiger partial charge in [-0.05, 0) is 18.1 Å². The topological polar surface area (TPSA) is 62.2 Å². The molecular formula is C13H20N2O2. The van der Waals surface area contributed by atoms with Crippen LogP contribution in [0.4, 0.5) is 0 Å². The number of pyridine rings is 1. The van der Waals surface area contributed by atoms with Crippen molar-refractivity contribution in [3.8, 4) is 0 Å². The van der Waals surface area contributed by atoms with Gasteiger partial charge in [0.15, 0.2) is 0 Å². The van der Waals surface area contributed by atoms with Crippen LogP contribution in [0.1, 0.15) is 37.0 Å². The lowest BCUT2D eigenvalue weighted by atomic mass is 9.96. The molecule has 2 N–H and O–H groups in total. The summed E-state index contributed by atoms with van der Waals surface area (Å²) in [7, 11) is 0. The van der Waals surface area contributed by atoms with Crippen LogP contribution in [0.25, 0.3) is 0 Å². The molecule has 4 nitrogen and oxygen atoms in total. The molecule has 1 aromatic rings. The molecular weight excluding hydrogens is 216 g/mol. The van der Waals surface area contributed by atoms with Crippen LogP contribution in [-0.4, -0.2) is 28.6 Å². The van der Waals surface area contributed by atoms with Gasteiger partial charge in [0, 0.05) is 18.9 Å². The Bertz CT molecular complexity index is 337. The summed E-state index contributed by atoms with van der Waals surface area (Å²) in [6.07, 6.45) is 4.49. The second-order valence-electron chi connectivity index (χ2n) is 4.10. The van der Waals surface area contributed by atoms with E-state index in [2.05, 4.69) is 10.3 Å². The minimum atomic E-state index is -0.481. The van der Waals surface area contributed by atoms with Crippen molar-refractivity contribution in [2.24, 2.45) is 5.92 Å². The van der Waals surface area contributed by atoms with Gasteiger partial charge in [0.25, 0.3) is 5.91 Å². The summed E-state index contributed by atoms with van der Waals surface area (Å²) in [5.74, 6) is 0.0484. The SMILES string of the molecule is CCC(CC)C(O)CNC(=O)c1cccnc1. The molecule has 4 heteroatoms. The zero-order chi connectivity index (χ0) is 12.7. The van der Waals surface area contributed by atoms with Gasteiger partial charge < -0.3 is 10.4 Å². The number of rotatable bonds is 6. The highest BCUT2D eigenvalue weighted by Gasteiger charge is 2.16. The summed E-state index contributed by atoms with van der Waals surface area (Å²) >= 11 is 0. The average molecular weight is 236 g/mol. The van der Waals surface area contributed by atoms with Crippen LogP contribution in [-0.2, 0) is 0 Å². The maximum atomic E-state index is 11.7. The third-order valence-electron chi connectivity index (χ3n) is 2.99. The van der Waals surface area contributed by atoms with E-state index >= 15 is 0 Å². The number of amides is 1. The molecule has 0 spiro atoms. The predicted molar refractivity (Wildman–Crippen MR) is 66.6 cm³/mol. The van der Waals surface area contributed by atoms with Crippen LogP contribution < -0.4 is 5.32 Å². The second kappa shape index (κ2) is 7.01. The minimum Gasteiger partial charge on any atom is -0.391 e.